The number of fused-ring (bicyclic) bond motifs is 16. The van der Waals surface area contributed by atoms with Crippen LogP contribution in [0.5, 0.6) is 5.75 Å². The molecule has 2 atom stereocenters. The van der Waals surface area contributed by atoms with Crippen molar-refractivity contribution in [2.45, 2.75) is 36.7 Å². The number of benzene rings is 8. The molecular formula is C58H41NO. The van der Waals surface area contributed by atoms with E-state index < -0.39 is 5.41 Å². The molecule has 0 aromatic heterocycles. The van der Waals surface area contributed by atoms with Crippen molar-refractivity contribution in [3.63, 3.8) is 0 Å². The molecule has 0 amide bonds. The molecule has 2 nitrogen and oxygen atoms in total. The van der Waals surface area contributed by atoms with Crippen LogP contribution in [0.1, 0.15) is 58.7 Å². The summed E-state index contributed by atoms with van der Waals surface area (Å²) in [4.78, 5) is 2.50. The van der Waals surface area contributed by atoms with Gasteiger partial charge in [0.1, 0.15) is 11.9 Å². The molecule has 0 bridgehead atoms. The van der Waals surface area contributed by atoms with Gasteiger partial charge in [-0.15, -0.1) is 0 Å². The minimum absolute atomic E-state index is 0.0378. The molecule has 8 aromatic rings. The maximum Gasteiger partial charge on any atom is 0.148 e. The van der Waals surface area contributed by atoms with E-state index in [4.69, 9.17) is 4.74 Å². The van der Waals surface area contributed by atoms with Crippen LogP contribution >= 0.6 is 0 Å². The molecular weight excluding hydrogens is 727 g/mol. The quantitative estimate of drug-likeness (QED) is 0.177. The lowest BCUT2D eigenvalue weighted by molar-refractivity contribution is 0.269. The SMILES string of the molecule is CC1(C)c2ccccc2-c2cccc(-c3ccccc3N(c3ccc4c(c3)C3(c5ccccc5-c5ccccc53)c3ccccc3-4)c3cccc4c3OC3C=CC=CC43)c21. The fourth-order valence-corrected chi connectivity index (χ4v) is 11.8. The third-order valence-electron chi connectivity index (χ3n) is 14.2. The van der Waals surface area contributed by atoms with Crippen LogP contribution in [0.4, 0.5) is 17.1 Å². The summed E-state index contributed by atoms with van der Waals surface area (Å²) in [7, 11) is 0. The monoisotopic (exact) mass is 767 g/mol. The highest BCUT2D eigenvalue weighted by molar-refractivity contribution is 5.99. The van der Waals surface area contributed by atoms with Gasteiger partial charge in [0.2, 0.25) is 0 Å². The van der Waals surface area contributed by atoms with Gasteiger partial charge >= 0.3 is 0 Å². The predicted molar refractivity (Wildman–Crippen MR) is 246 cm³/mol. The van der Waals surface area contributed by atoms with Crippen LogP contribution in [0, 0.1) is 0 Å². The Labute approximate surface area is 351 Å². The van der Waals surface area contributed by atoms with E-state index >= 15 is 0 Å². The Kier molecular flexibility index (Phi) is 6.86. The van der Waals surface area contributed by atoms with Gasteiger partial charge in [0.05, 0.1) is 16.8 Å². The average Bonchev–Trinajstić information content (AvgIpc) is 3.99. The second-order valence-electron chi connectivity index (χ2n) is 17.4. The molecule has 2 heteroatoms. The normalized spacial score (nSPS) is 18.1. The van der Waals surface area contributed by atoms with Crippen molar-refractivity contribution in [3.8, 4) is 50.3 Å². The van der Waals surface area contributed by atoms with Gasteiger partial charge in [0, 0.05) is 28.1 Å². The van der Waals surface area contributed by atoms with Crippen LogP contribution in [-0.4, -0.2) is 6.10 Å². The zero-order chi connectivity index (χ0) is 39.7. The first-order valence-corrected chi connectivity index (χ1v) is 21.3. The van der Waals surface area contributed by atoms with Crippen LogP contribution in [0.25, 0.3) is 44.5 Å². The van der Waals surface area contributed by atoms with Crippen LogP contribution in [0.2, 0.25) is 0 Å². The summed E-state index contributed by atoms with van der Waals surface area (Å²) in [5.74, 6) is 1.11. The molecule has 8 aromatic carbocycles. The molecule has 0 fully saturated rings. The Balaban J connectivity index is 1.09. The fourth-order valence-electron chi connectivity index (χ4n) is 11.8. The molecule has 0 radical (unpaired) electrons. The number of ether oxygens (including phenoxy) is 1. The average molecular weight is 768 g/mol. The highest BCUT2D eigenvalue weighted by atomic mass is 16.5. The molecule has 1 spiro atoms. The van der Waals surface area contributed by atoms with Crippen LogP contribution in [0.3, 0.4) is 0 Å². The van der Waals surface area contributed by atoms with Crippen molar-refractivity contribution in [2.75, 3.05) is 4.90 Å². The summed E-state index contributed by atoms with van der Waals surface area (Å²) in [6.45, 7) is 4.77. The Bertz CT molecular complexity index is 3130. The van der Waals surface area contributed by atoms with Crippen LogP contribution < -0.4 is 9.64 Å². The predicted octanol–water partition coefficient (Wildman–Crippen LogP) is 14.4. The van der Waals surface area contributed by atoms with E-state index in [9.17, 15) is 0 Å². The number of nitrogens with zero attached hydrogens (tertiary/aromatic N) is 1. The second-order valence-corrected chi connectivity index (χ2v) is 17.4. The number of anilines is 3. The Hall–Kier alpha value is -7.16. The number of rotatable bonds is 4. The molecule has 60 heavy (non-hydrogen) atoms. The lowest BCUT2D eigenvalue weighted by Gasteiger charge is -2.33. The molecule has 5 aliphatic rings. The highest BCUT2D eigenvalue weighted by Gasteiger charge is 2.52. The van der Waals surface area contributed by atoms with E-state index in [0.29, 0.717) is 0 Å². The highest BCUT2D eigenvalue weighted by Crippen LogP contribution is 2.64. The first-order valence-electron chi connectivity index (χ1n) is 21.3. The summed E-state index contributed by atoms with van der Waals surface area (Å²) in [5.41, 5.74) is 22.2. The summed E-state index contributed by atoms with van der Waals surface area (Å²) < 4.78 is 7.01. The lowest BCUT2D eigenvalue weighted by atomic mass is 9.70. The third-order valence-corrected chi connectivity index (χ3v) is 14.2. The topological polar surface area (TPSA) is 12.5 Å². The van der Waals surface area contributed by atoms with Gasteiger partial charge in [-0.25, -0.2) is 0 Å². The van der Waals surface area contributed by atoms with Gasteiger partial charge in [-0.3, -0.25) is 0 Å². The molecule has 13 rings (SSSR count). The number of hydrogen-bond acceptors (Lipinski definition) is 2. The second kappa shape index (κ2) is 12.2. The Morgan fingerprint density at radius 1 is 0.433 bits per heavy atom. The summed E-state index contributed by atoms with van der Waals surface area (Å²) >= 11 is 0. The van der Waals surface area contributed by atoms with Crippen molar-refractivity contribution < 1.29 is 4.74 Å². The van der Waals surface area contributed by atoms with Crippen molar-refractivity contribution in [1.82, 2.24) is 0 Å². The molecule has 1 aliphatic heterocycles. The maximum absolute atomic E-state index is 7.01. The largest absolute Gasteiger partial charge is 0.483 e. The number of allylic oxidation sites excluding steroid dienone is 2. The molecule has 0 saturated carbocycles. The first kappa shape index (κ1) is 33.8. The third kappa shape index (κ3) is 4.28. The summed E-state index contributed by atoms with van der Waals surface area (Å²) in [6, 6.07) is 66.0. The Morgan fingerprint density at radius 3 is 1.62 bits per heavy atom. The van der Waals surface area contributed by atoms with E-state index in [-0.39, 0.29) is 17.4 Å². The van der Waals surface area contributed by atoms with Crippen LogP contribution in [-0.2, 0) is 10.8 Å². The standard InChI is InChI=1S/C58H41NO/c1-57(2)47-26-9-3-20-40(47)44-23-15-24-45(55(44)57)42-21-7-13-30-52(42)59(53-31-16-25-46-43-22-8-14-32-54(43)60-56(46)53)36-33-34-41-39-19-6-12-29-50(39)58(51(41)35-36)48-27-10-4-17-37(48)38-18-5-11-28-49(38)58/h3-35,43,54H,1-2H3. The first-order chi connectivity index (χ1) is 29.5. The van der Waals surface area contributed by atoms with E-state index in [1.54, 1.807) is 0 Å². The minimum Gasteiger partial charge on any atom is -0.483 e. The molecule has 1 heterocycles. The van der Waals surface area contributed by atoms with Gasteiger partial charge in [-0.05, 0) is 103 Å². The molecule has 284 valence electrons. The molecule has 0 N–H and O–H groups in total. The fraction of sp³-hybridized carbons (Fsp3) is 0.103. The molecule has 0 saturated heterocycles. The summed E-state index contributed by atoms with van der Waals surface area (Å²) in [6.07, 6.45) is 8.72. The van der Waals surface area contributed by atoms with Crippen molar-refractivity contribution in [1.29, 1.82) is 0 Å². The van der Waals surface area contributed by atoms with Gasteiger partial charge in [-0.2, -0.15) is 0 Å². The molecule has 2 unspecified atom stereocenters. The van der Waals surface area contributed by atoms with Gasteiger partial charge in [-0.1, -0.05) is 184 Å². The van der Waals surface area contributed by atoms with Gasteiger partial charge in [0.25, 0.3) is 0 Å². The summed E-state index contributed by atoms with van der Waals surface area (Å²) in [5, 5.41) is 0. The van der Waals surface area contributed by atoms with E-state index in [2.05, 4.69) is 219 Å². The Morgan fingerprint density at radius 2 is 0.933 bits per heavy atom. The smallest absolute Gasteiger partial charge is 0.148 e. The van der Waals surface area contributed by atoms with Gasteiger partial charge < -0.3 is 9.64 Å². The zero-order valence-electron chi connectivity index (χ0n) is 33.6. The van der Waals surface area contributed by atoms with Crippen LogP contribution in [0.15, 0.2) is 200 Å². The zero-order valence-corrected chi connectivity index (χ0v) is 33.6. The van der Waals surface area contributed by atoms with Gasteiger partial charge in [0.15, 0.2) is 0 Å². The lowest BCUT2D eigenvalue weighted by Crippen LogP contribution is -2.26. The van der Waals surface area contributed by atoms with Crippen molar-refractivity contribution in [2.24, 2.45) is 0 Å². The van der Waals surface area contributed by atoms with Crippen molar-refractivity contribution in [3.05, 3.63) is 239 Å². The molecule has 4 aliphatic carbocycles. The van der Waals surface area contributed by atoms with E-state index in [1.165, 1.54) is 83.5 Å². The van der Waals surface area contributed by atoms with E-state index in [0.717, 1.165) is 22.8 Å². The van der Waals surface area contributed by atoms with E-state index in [1.807, 2.05) is 0 Å². The maximum atomic E-state index is 7.01. The number of hydrogen-bond donors (Lipinski definition) is 0. The van der Waals surface area contributed by atoms with Crippen molar-refractivity contribution >= 4 is 17.1 Å². The minimum atomic E-state index is -0.462. The number of para-hydroxylation sites is 2.